The fourth-order valence-corrected chi connectivity index (χ4v) is 4.97. The fourth-order valence-electron chi connectivity index (χ4n) is 4.97. The van der Waals surface area contributed by atoms with Crippen molar-refractivity contribution in [3.05, 3.63) is 65.7 Å². The van der Waals surface area contributed by atoms with Crippen LogP contribution >= 0.6 is 0 Å². The molecule has 1 saturated carbocycles. The molecule has 7 nitrogen and oxygen atoms in total. The fraction of sp³-hybridized carbons (Fsp3) is 0.483. The summed E-state index contributed by atoms with van der Waals surface area (Å²) < 4.78 is 13.8. The lowest BCUT2D eigenvalue weighted by Crippen LogP contribution is -2.44. The van der Waals surface area contributed by atoms with Crippen LogP contribution in [0.1, 0.15) is 24.0 Å². The summed E-state index contributed by atoms with van der Waals surface area (Å²) in [5, 5.41) is 15.9. The van der Waals surface area contributed by atoms with Gasteiger partial charge in [0.15, 0.2) is 0 Å². The van der Waals surface area contributed by atoms with E-state index in [1.165, 1.54) is 12.8 Å². The summed E-state index contributed by atoms with van der Waals surface area (Å²) in [4.78, 5) is 4.70. The van der Waals surface area contributed by atoms with E-state index in [0.717, 1.165) is 66.9 Å². The Balaban J connectivity index is 1.41. The van der Waals surface area contributed by atoms with E-state index in [9.17, 15) is 5.11 Å². The molecule has 1 aliphatic heterocycles. The van der Waals surface area contributed by atoms with Gasteiger partial charge >= 0.3 is 0 Å². The summed E-state index contributed by atoms with van der Waals surface area (Å²) in [6.45, 7) is 8.28. The second kappa shape index (κ2) is 11.6. The number of benzene rings is 2. The molecule has 0 amide bonds. The van der Waals surface area contributed by atoms with Crippen LogP contribution in [0.5, 0.6) is 11.6 Å². The molecule has 1 aliphatic carbocycles. The molecule has 2 aromatic carbocycles. The van der Waals surface area contributed by atoms with E-state index in [-0.39, 0.29) is 0 Å². The number of aryl methyl sites for hydroxylation is 2. The Hall–Kier alpha value is -2.71. The summed E-state index contributed by atoms with van der Waals surface area (Å²) in [6.07, 6.45) is 2.11. The number of ether oxygens (including phenoxy) is 2. The lowest BCUT2D eigenvalue weighted by atomic mass is 10.1. The number of hydrogen-bond acceptors (Lipinski definition) is 6. The van der Waals surface area contributed by atoms with Crippen LogP contribution in [0.2, 0.25) is 0 Å². The van der Waals surface area contributed by atoms with E-state index in [2.05, 4.69) is 34.9 Å². The van der Waals surface area contributed by atoms with Crippen LogP contribution in [0.15, 0.2) is 54.6 Å². The molecule has 36 heavy (non-hydrogen) atoms. The number of aliphatic hydroxyl groups excluding tert-OH is 1. The quantitative estimate of drug-likeness (QED) is 0.437. The third-order valence-corrected chi connectivity index (χ3v) is 6.98. The van der Waals surface area contributed by atoms with E-state index in [1.807, 2.05) is 48.1 Å². The first-order valence-electron chi connectivity index (χ1n) is 13.1. The second-order valence-electron chi connectivity index (χ2n) is 10.2. The molecule has 2 aliphatic rings. The highest BCUT2D eigenvalue weighted by Crippen LogP contribution is 2.36. The molecule has 2 fully saturated rings. The van der Waals surface area contributed by atoms with Crippen molar-refractivity contribution in [2.75, 3.05) is 45.9 Å². The zero-order chi connectivity index (χ0) is 24.9. The predicted molar refractivity (Wildman–Crippen MR) is 141 cm³/mol. The van der Waals surface area contributed by atoms with Gasteiger partial charge in [0.25, 0.3) is 0 Å². The summed E-state index contributed by atoms with van der Waals surface area (Å²) >= 11 is 0. The minimum Gasteiger partial charge on any atom is -0.439 e. The normalized spacial score (nSPS) is 17.4. The summed E-state index contributed by atoms with van der Waals surface area (Å²) in [5.41, 5.74) is 4.22. The Morgan fingerprint density at radius 2 is 1.89 bits per heavy atom. The lowest BCUT2D eigenvalue weighted by Gasteiger charge is -2.31. The SMILES string of the molecule is Cc1cccc(Oc2c(CN(CC3CC3)C[C@H](O)CN3CCOCC3)c(-c3ccccc3)nn2C)c1. The summed E-state index contributed by atoms with van der Waals surface area (Å²) in [5.74, 6) is 2.27. The number of aromatic nitrogens is 2. The minimum atomic E-state index is -0.417. The highest BCUT2D eigenvalue weighted by atomic mass is 16.5. The molecule has 192 valence electrons. The lowest BCUT2D eigenvalue weighted by molar-refractivity contribution is 0.00587. The molecule has 1 N–H and O–H groups in total. The van der Waals surface area contributed by atoms with E-state index in [4.69, 9.17) is 14.6 Å². The third-order valence-electron chi connectivity index (χ3n) is 6.98. The van der Waals surface area contributed by atoms with Crippen molar-refractivity contribution in [2.45, 2.75) is 32.4 Å². The zero-order valence-electron chi connectivity index (χ0n) is 21.5. The van der Waals surface area contributed by atoms with Gasteiger partial charge in [-0.2, -0.15) is 5.10 Å². The number of rotatable bonds is 11. The van der Waals surface area contributed by atoms with Crippen molar-refractivity contribution in [1.82, 2.24) is 19.6 Å². The van der Waals surface area contributed by atoms with E-state index in [0.29, 0.717) is 25.6 Å². The van der Waals surface area contributed by atoms with Crippen molar-refractivity contribution >= 4 is 0 Å². The van der Waals surface area contributed by atoms with E-state index >= 15 is 0 Å². The van der Waals surface area contributed by atoms with Gasteiger partial charge < -0.3 is 14.6 Å². The molecule has 0 unspecified atom stereocenters. The molecule has 7 heteroatoms. The van der Waals surface area contributed by atoms with Crippen LogP contribution in [0.4, 0.5) is 0 Å². The molecule has 2 heterocycles. The van der Waals surface area contributed by atoms with Crippen molar-refractivity contribution in [1.29, 1.82) is 0 Å². The molecule has 0 bridgehead atoms. The van der Waals surface area contributed by atoms with Gasteiger partial charge in [-0.15, -0.1) is 0 Å². The largest absolute Gasteiger partial charge is 0.439 e. The number of aliphatic hydroxyl groups is 1. The maximum atomic E-state index is 11.0. The third kappa shape index (κ3) is 6.53. The molecule has 1 atom stereocenters. The van der Waals surface area contributed by atoms with Crippen molar-refractivity contribution < 1.29 is 14.6 Å². The summed E-state index contributed by atoms with van der Waals surface area (Å²) in [6, 6.07) is 18.4. The van der Waals surface area contributed by atoms with E-state index < -0.39 is 6.10 Å². The average molecular weight is 491 g/mol. The van der Waals surface area contributed by atoms with Crippen molar-refractivity contribution in [3.63, 3.8) is 0 Å². The van der Waals surface area contributed by atoms with E-state index in [1.54, 1.807) is 0 Å². The van der Waals surface area contributed by atoms with Crippen LogP contribution in [0, 0.1) is 12.8 Å². The number of hydrogen-bond donors (Lipinski definition) is 1. The first kappa shape index (κ1) is 25.0. The molecular formula is C29H38N4O3. The molecule has 1 aromatic heterocycles. The van der Waals surface area contributed by atoms with Gasteiger partial charge in [0.2, 0.25) is 5.88 Å². The Bertz CT molecular complexity index is 1120. The molecule has 0 radical (unpaired) electrons. The Morgan fingerprint density at radius 1 is 1.11 bits per heavy atom. The zero-order valence-corrected chi connectivity index (χ0v) is 21.5. The maximum absolute atomic E-state index is 11.0. The first-order valence-corrected chi connectivity index (χ1v) is 13.1. The van der Waals surface area contributed by atoms with Gasteiger partial charge in [-0.3, -0.25) is 9.80 Å². The van der Waals surface area contributed by atoms with Gasteiger partial charge in [0.05, 0.1) is 24.9 Å². The van der Waals surface area contributed by atoms with Crippen LogP contribution in [0.3, 0.4) is 0 Å². The number of β-amino-alcohol motifs (C(OH)–C–C–N with tert-alkyl or cyclic N) is 1. The Kier molecular flexibility index (Phi) is 8.02. The highest BCUT2D eigenvalue weighted by Gasteiger charge is 2.29. The highest BCUT2D eigenvalue weighted by molar-refractivity contribution is 5.65. The van der Waals surface area contributed by atoms with Gasteiger partial charge in [0.1, 0.15) is 11.4 Å². The van der Waals surface area contributed by atoms with Crippen molar-refractivity contribution in [2.24, 2.45) is 13.0 Å². The Morgan fingerprint density at radius 3 is 2.61 bits per heavy atom. The van der Waals surface area contributed by atoms with Crippen LogP contribution in [0.25, 0.3) is 11.3 Å². The van der Waals surface area contributed by atoms with Gasteiger partial charge in [-0.05, 0) is 43.4 Å². The second-order valence-corrected chi connectivity index (χ2v) is 10.2. The molecule has 1 saturated heterocycles. The monoisotopic (exact) mass is 490 g/mol. The van der Waals surface area contributed by atoms with Crippen molar-refractivity contribution in [3.8, 4) is 22.9 Å². The molecule has 0 spiro atoms. The smallest absolute Gasteiger partial charge is 0.222 e. The topological polar surface area (TPSA) is 63.0 Å². The molecule has 3 aromatic rings. The molecular weight excluding hydrogens is 452 g/mol. The van der Waals surface area contributed by atoms with Crippen LogP contribution in [-0.2, 0) is 18.3 Å². The van der Waals surface area contributed by atoms with Crippen LogP contribution < -0.4 is 4.74 Å². The van der Waals surface area contributed by atoms with Crippen LogP contribution in [-0.4, -0.2) is 76.7 Å². The minimum absolute atomic E-state index is 0.417. The number of morpholine rings is 1. The summed E-state index contributed by atoms with van der Waals surface area (Å²) in [7, 11) is 1.94. The van der Waals surface area contributed by atoms with Gasteiger partial charge in [-0.1, -0.05) is 42.5 Å². The number of nitrogens with zero attached hydrogens (tertiary/aromatic N) is 4. The standard InChI is InChI=1S/C29H38N4O3/c1-22-7-6-10-26(17-22)36-29-27(28(30-31(29)2)24-8-4-3-5-9-24)21-33(18-23-11-12-23)20-25(34)19-32-13-15-35-16-14-32/h3-10,17,23,25,34H,11-16,18-21H2,1-2H3/t25-/m1/s1. The molecule has 5 rings (SSSR count). The maximum Gasteiger partial charge on any atom is 0.222 e. The first-order chi connectivity index (χ1) is 17.5. The average Bonchev–Trinajstić information content (AvgIpc) is 3.64. The van der Waals surface area contributed by atoms with Gasteiger partial charge in [0, 0.05) is 51.9 Å². The predicted octanol–water partition coefficient (Wildman–Crippen LogP) is 4.09. The van der Waals surface area contributed by atoms with Gasteiger partial charge in [-0.25, -0.2) is 4.68 Å². The Labute approximate surface area is 214 Å².